The van der Waals surface area contributed by atoms with E-state index in [0.29, 0.717) is 15.6 Å². The number of thiazole rings is 1. The molecule has 3 rings (SSSR count). The summed E-state index contributed by atoms with van der Waals surface area (Å²) in [6.45, 7) is 2.09. The maximum atomic E-state index is 9.58. The van der Waals surface area contributed by atoms with Gasteiger partial charge in [-0.3, -0.25) is 0 Å². The predicted octanol–water partition coefficient (Wildman–Crippen LogP) is 6.74. The Balaban J connectivity index is 2.03. The topological polar surface area (TPSA) is 36.7 Å². The molecule has 1 aromatic heterocycles. The van der Waals surface area contributed by atoms with Gasteiger partial charge in [-0.05, 0) is 42.3 Å². The molecule has 2 nitrogen and oxygen atoms in total. The van der Waals surface area contributed by atoms with E-state index in [1.165, 1.54) is 0 Å². The van der Waals surface area contributed by atoms with E-state index >= 15 is 0 Å². The second-order valence-corrected chi connectivity index (χ2v) is 7.33. The van der Waals surface area contributed by atoms with Crippen LogP contribution in [0.3, 0.4) is 0 Å². The summed E-state index contributed by atoms with van der Waals surface area (Å²) in [6, 6.07) is 17.3. The Morgan fingerprint density at radius 1 is 1.08 bits per heavy atom. The number of aryl methyl sites for hydroxylation is 1. The fraction of sp³-hybridized carbons (Fsp3) is 0.100. The molecule has 0 unspecified atom stereocenters. The van der Waals surface area contributed by atoms with Crippen molar-refractivity contribution in [2.45, 2.75) is 13.3 Å². The van der Waals surface area contributed by atoms with Crippen LogP contribution >= 0.6 is 34.5 Å². The number of halogens is 2. The van der Waals surface area contributed by atoms with Crippen LogP contribution < -0.4 is 0 Å². The van der Waals surface area contributed by atoms with Crippen molar-refractivity contribution in [1.82, 2.24) is 4.98 Å². The highest BCUT2D eigenvalue weighted by Gasteiger charge is 2.15. The molecule has 0 aliphatic rings. The fourth-order valence-corrected chi connectivity index (χ4v) is 3.65. The molecule has 0 fully saturated rings. The summed E-state index contributed by atoms with van der Waals surface area (Å²) in [5.41, 5.74) is 3.38. The zero-order chi connectivity index (χ0) is 17.8. The van der Waals surface area contributed by atoms with Gasteiger partial charge >= 0.3 is 0 Å². The molecule has 2 aromatic carbocycles. The van der Waals surface area contributed by atoms with Crippen molar-refractivity contribution in [1.29, 1.82) is 5.26 Å². The number of aromatic nitrogens is 1. The average molecular weight is 385 g/mol. The van der Waals surface area contributed by atoms with Crippen molar-refractivity contribution >= 4 is 46.2 Å². The number of nitrogens with zero attached hydrogens (tertiary/aromatic N) is 2. The van der Waals surface area contributed by atoms with Crippen LogP contribution in [-0.4, -0.2) is 4.98 Å². The van der Waals surface area contributed by atoms with Crippen molar-refractivity contribution in [3.63, 3.8) is 0 Å². The molecule has 25 heavy (non-hydrogen) atoms. The summed E-state index contributed by atoms with van der Waals surface area (Å²) in [7, 11) is 0. The molecule has 124 valence electrons. The Morgan fingerprint density at radius 3 is 2.24 bits per heavy atom. The minimum atomic E-state index is 0.544. The van der Waals surface area contributed by atoms with E-state index in [2.05, 4.69) is 13.0 Å². The first kappa shape index (κ1) is 17.7. The Kier molecular flexibility index (Phi) is 5.55. The van der Waals surface area contributed by atoms with Crippen molar-refractivity contribution in [3.8, 4) is 17.3 Å². The average Bonchev–Trinajstić information content (AvgIpc) is 3.06. The third kappa shape index (κ3) is 4.11. The largest absolute Gasteiger partial charge is 0.235 e. The van der Waals surface area contributed by atoms with Gasteiger partial charge in [-0.1, -0.05) is 54.4 Å². The Morgan fingerprint density at radius 2 is 1.68 bits per heavy atom. The molecule has 0 N–H and O–H groups in total. The monoisotopic (exact) mass is 384 g/mol. The molecule has 0 aliphatic carbocycles. The lowest BCUT2D eigenvalue weighted by atomic mass is 10.1. The first-order valence-corrected chi connectivity index (χ1v) is 9.31. The molecule has 0 amide bonds. The number of benzene rings is 2. The summed E-state index contributed by atoms with van der Waals surface area (Å²) in [5, 5.41) is 11.7. The summed E-state index contributed by atoms with van der Waals surface area (Å²) < 4.78 is 0. The smallest absolute Gasteiger partial charge is 0.134 e. The van der Waals surface area contributed by atoms with Crippen LogP contribution in [0.5, 0.6) is 0 Å². The maximum absolute atomic E-state index is 9.58. The van der Waals surface area contributed by atoms with Crippen LogP contribution in [0.25, 0.3) is 22.9 Å². The molecule has 0 radical (unpaired) electrons. The first-order valence-electron chi connectivity index (χ1n) is 7.74. The van der Waals surface area contributed by atoms with Gasteiger partial charge in [0.15, 0.2) is 0 Å². The molecule has 0 aliphatic heterocycles. The van der Waals surface area contributed by atoms with E-state index in [4.69, 9.17) is 28.2 Å². The SMILES string of the molecule is CCc1sc(/C(C#N)=C\c2ccc(Cl)cc2)nc1-c1ccc(Cl)cc1. The number of allylic oxidation sites excluding steroid dienone is 1. The summed E-state index contributed by atoms with van der Waals surface area (Å²) in [6.07, 6.45) is 2.69. The number of hydrogen-bond donors (Lipinski definition) is 0. The Labute approximate surface area is 161 Å². The molecule has 0 saturated heterocycles. The third-order valence-electron chi connectivity index (χ3n) is 3.67. The molecular weight excluding hydrogens is 371 g/mol. The zero-order valence-corrected chi connectivity index (χ0v) is 15.8. The van der Waals surface area contributed by atoms with Gasteiger partial charge in [0, 0.05) is 20.5 Å². The Hall–Kier alpha value is -2.12. The van der Waals surface area contributed by atoms with E-state index in [-0.39, 0.29) is 0 Å². The van der Waals surface area contributed by atoms with Crippen LogP contribution in [0.2, 0.25) is 10.0 Å². The van der Waals surface area contributed by atoms with Gasteiger partial charge in [0.25, 0.3) is 0 Å². The van der Waals surface area contributed by atoms with Gasteiger partial charge < -0.3 is 0 Å². The van der Waals surface area contributed by atoms with Crippen LogP contribution in [0.1, 0.15) is 22.4 Å². The normalized spacial score (nSPS) is 11.4. The molecule has 3 aromatic rings. The standard InChI is InChI=1S/C20H14Cl2N2S/c1-2-18-19(14-5-9-17(22)10-6-14)24-20(25-18)15(12-23)11-13-3-7-16(21)8-4-13/h3-11H,2H2,1H3/b15-11-. The second kappa shape index (κ2) is 7.84. The van der Waals surface area contributed by atoms with Crippen molar-refractivity contribution in [3.05, 3.63) is 74.0 Å². The van der Waals surface area contributed by atoms with Crippen LogP contribution in [0, 0.1) is 11.3 Å². The van der Waals surface area contributed by atoms with E-state index in [1.807, 2.05) is 42.5 Å². The van der Waals surface area contributed by atoms with Crippen LogP contribution in [-0.2, 0) is 6.42 Å². The molecular formula is C20H14Cl2N2S. The second-order valence-electron chi connectivity index (χ2n) is 5.37. The molecule has 0 saturated carbocycles. The lowest BCUT2D eigenvalue weighted by Gasteiger charge is -2.00. The lowest BCUT2D eigenvalue weighted by molar-refractivity contribution is 1.17. The minimum Gasteiger partial charge on any atom is -0.235 e. The third-order valence-corrected chi connectivity index (χ3v) is 5.40. The van der Waals surface area contributed by atoms with Gasteiger partial charge in [-0.25, -0.2) is 4.98 Å². The molecule has 5 heteroatoms. The van der Waals surface area contributed by atoms with Gasteiger partial charge in [0.2, 0.25) is 0 Å². The summed E-state index contributed by atoms with van der Waals surface area (Å²) in [4.78, 5) is 5.87. The van der Waals surface area contributed by atoms with E-state index in [0.717, 1.165) is 33.1 Å². The number of hydrogen-bond acceptors (Lipinski definition) is 3. The number of nitriles is 1. The molecule has 0 spiro atoms. The van der Waals surface area contributed by atoms with Crippen molar-refractivity contribution < 1.29 is 0 Å². The number of rotatable bonds is 4. The highest BCUT2D eigenvalue weighted by atomic mass is 35.5. The van der Waals surface area contributed by atoms with Crippen LogP contribution in [0.4, 0.5) is 0 Å². The van der Waals surface area contributed by atoms with Gasteiger partial charge in [-0.2, -0.15) is 5.26 Å². The zero-order valence-electron chi connectivity index (χ0n) is 13.5. The van der Waals surface area contributed by atoms with Crippen molar-refractivity contribution in [2.24, 2.45) is 0 Å². The Bertz CT molecular complexity index is 949. The minimum absolute atomic E-state index is 0.544. The quantitative estimate of drug-likeness (QED) is 0.466. The van der Waals surface area contributed by atoms with Gasteiger partial charge in [0.1, 0.15) is 11.1 Å². The summed E-state index contributed by atoms with van der Waals surface area (Å²) >= 11 is 13.4. The molecule has 1 heterocycles. The summed E-state index contributed by atoms with van der Waals surface area (Å²) in [5.74, 6) is 0. The van der Waals surface area contributed by atoms with Gasteiger partial charge in [0.05, 0.1) is 11.3 Å². The van der Waals surface area contributed by atoms with Gasteiger partial charge in [-0.15, -0.1) is 11.3 Å². The molecule has 0 atom stereocenters. The fourth-order valence-electron chi connectivity index (χ4n) is 2.41. The highest BCUT2D eigenvalue weighted by Crippen LogP contribution is 2.33. The lowest BCUT2D eigenvalue weighted by Crippen LogP contribution is -1.85. The van der Waals surface area contributed by atoms with E-state index < -0.39 is 0 Å². The van der Waals surface area contributed by atoms with Crippen LogP contribution in [0.15, 0.2) is 48.5 Å². The maximum Gasteiger partial charge on any atom is 0.134 e. The first-order chi connectivity index (χ1) is 12.1. The van der Waals surface area contributed by atoms with E-state index in [9.17, 15) is 5.26 Å². The van der Waals surface area contributed by atoms with Crippen molar-refractivity contribution in [2.75, 3.05) is 0 Å². The van der Waals surface area contributed by atoms with E-state index in [1.54, 1.807) is 23.5 Å². The molecule has 0 bridgehead atoms. The predicted molar refractivity (Wildman–Crippen MR) is 107 cm³/mol. The highest BCUT2D eigenvalue weighted by molar-refractivity contribution is 7.13.